The van der Waals surface area contributed by atoms with Crippen molar-refractivity contribution >= 4 is 15.4 Å². The lowest BCUT2D eigenvalue weighted by Crippen LogP contribution is -2.58. The molecule has 0 aromatic rings. The number of methoxy groups -OCH3 is 1. The van der Waals surface area contributed by atoms with Crippen LogP contribution in [0.5, 0.6) is 0 Å². The van der Waals surface area contributed by atoms with Crippen molar-refractivity contribution in [2.45, 2.75) is 51.3 Å². The molecule has 0 aliphatic carbocycles. The van der Waals surface area contributed by atoms with Gasteiger partial charge < -0.3 is 18.5 Å². The molecule has 4 unspecified atom stereocenters. The molecule has 0 aromatic carbocycles. The van der Waals surface area contributed by atoms with Crippen LogP contribution >= 0.6 is 7.60 Å². The lowest BCUT2D eigenvalue weighted by molar-refractivity contribution is -0.159. The summed E-state index contributed by atoms with van der Waals surface area (Å²) in [5.74, 6) is 0. The van der Waals surface area contributed by atoms with E-state index in [1.54, 1.807) is 7.11 Å². The van der Waals surface area contributed by atoms with Crippen molar-refractivity contribution in [2.75, 3.05) is 27.5 Å². The van der Waals surface area contributed by atoms with E-state index in [0.717, 1.165) is 0 Å². The Morgan fingerprint density at radius 3 is 2.05 bits per heavy atom. The Morgan fingerprint density at radius 2 is 1.65 bits per heavy atom. The van der Waals surface area contributed by atoms with Gasteiger partial charge in [0.1, 0.15) is 19.0 Å². The second-order valence-corrected chi connectivity index (χ2v) is 9.10. The summed E-state index contributed by atoms with van der Waals surface area (Å²) in [6.45, 7) is 11.8. The van der Waals surface area contributed by atoms with Crippen LogP contribution in [0.2, 0.25) is 0 Å². The second kappa shape index (κ2) is 5.10. The molecule has 1 rings (SSSR count). The zero-order valence-corrected chi connectivity index (χ0v) is 15.1. The van der Waals surface area contributed by atoms with Gasteiger partial charge in [0.05, 0.1) is 6.61 Å². The van der Waals surface area contributed by atoms with Crippen molar-refractivity contribution in [2.24, 2.45) is 5.41 Å². The van der Waals surface area contributed by atoms with Gasteiger partial charge in [0.15, 0.2) is 0 Å². The predicted octanol–water partition coefficient (Wildman–Crippen LogP) is 2.04. The fourth-order valence-corrected chi connectivity index (χ4v) is 3.54. The Hall–Kier alpha value is 0.135. The molecular weight excluding hydrogens is 278 g/mol. The third-order valence-electron chi connectivity index (χ3n) is 5.50. The molecule has 118 valence electrons. The number of rotatable bonds is 5. The molecule has 1 aliphatic rings. The molecule has 0 radical (unpaired) electrons. The summed E-state index contributed by atoms with van der Waals surface area (Å²) < 4.78 is 34.4. The summed E-state index contributed by atoms with van der Waals surface area (Å²) in [6.07, 6.45) is 0. The molecule has 0 N–H and O–H groups in total. The molecule has 7 heteroatoms. The van der Waals surface area contributed by atoms with Crippen molar-refractivity contribution in [1.82, 2.24) is 0 Å². The highest BCUT2D eigenvalue weighted by Gasteiger charge is 2.69. The maximum Gasteiger partial charge on any atom is 0.327 e. The van der Waals surface area contributed by atoms with E-state index in [2.05, 4.69) is 13.8 Å². The Balaban J connectivity index is 3.13. The molecule has 1 saturated heterocycles. The normalized spacial score (nSPS) is 43.4. The first-order chi connectivity index (χ1) is 8.79. The summed E-state index contributed by atoms with van der Waals surface area (Å²) in [4.78, 5) is 0. The largest absolute Gasteiger partial charge is 0.375 e. The van der Waals surface area contributed by atoms with E-state index < -0.39 is 24.3 Å². The fourth-order valence-electron chi connectivity index (χ4n) is 2.95. The smallest absolute Gasteiger partial charge is 0.327 e. The van der Waals surface area contributed by atoms with Crippen LogP contribution < -0.4 is 0 Å². The van der Waals surface area contributed by atoms with Gasteiger partial charge in [0.25, 0.3) is 0 Å². The topological polar surface area (TPSA) is 54.0 Å². The lowest BCUT2D eigenvalue weighted by Gasteiger charge is -2.46. The first-order valence-electron chi connectivity index (χ1n) is 6.82. The number of ether oxygens (including phenoxy) is 2. The van der Waals surface area contributed by atoms with Crippen molar-refractivity contribution in [1.29, 1.82) is 0 Å². The molecule has 1 aliphatic heterocycles. The molecule has 0 saturated carbocycles. The SMILES string of the molecule is BC1(C)OC(C)(COP(C)(=O)OC)C(C)(OC)C1(C)C. The first kappa shape index (κ1) is 18.2. The summed E-state index contributed by atoms with van der Waals surface area (Å²) in [5, 5.41) is 0. The zero-order valence-electron chi connectivity index (χ0n) is 14.2. The van der Waals surface area contributed by atoms with Gasteiger partial charge in [-0.15, -0.1) is 0 Å². The van der Waals surface area contributed by atoms with Crippen LogP contribution in [-0.4, -0.2) is 52.0 Å². The van der Waals surface area contributed by atoms with Crippen LogP contribution in [0.3, 0.4) is 0 Å². The van der Waals surface area contributed by atoms with E-state index in [4.69, 9.17) is 18.5 Å². The van der Waals surface area contributed by atoms with Gasteiger partial charge >= 0.3 is 7.60 Å². The van der Waals surface area contributed by atoms with Crippen molar-refractivity contribution < 1.29 is 23.1 Å². The third kappa shape index (κ3) is 2.50. The molecule has 4 atom stereocenters. The average Bonchev–Trinajstić information content (AvgIpc) is 2.44. The maximum atomic E-state index is 12.0. The van der Waals surface area contributed by atoms with Crippen molar-refractivity contribution in [3.63, 3.8) is 0 Å². The van der Waals surface area contributed by atoms with Gasteiger partial charge in [-0.1, -0.05) is 13.8 Å². The molecule has 0 bridgehead atoms. The summed E-state index contributed by atoms with van der Waals surface area (Å²) >= 11 is 0. The minimum Gasteiger partial charge on any atom is -0.375 e. The Kier molecular flexibility index (Phi) is 4.64. The standard InChI is InChI=1S/C13H28BO5P/c1-10(2)12(4,16-6)11(3,19-13(10,5)14)9-18-20(8,15)17-7/h9,14H2,1-8H3. The Bertz CT molecular complexity index is 425. The van der Waals surface area contributed by atoms with Crippen LogP contribution in [0.25, 0.3) is 0 Å². The summed E-state index contributed by atoms with van der Waals surface area (Å²) in [6, 6.07) is 0. The van der Waals surface area contributed by atoms with E-state index in [0.29, 0.717) is 0 Å². The maximum absolute atomic E-state index is 12.0. The van der Waals surface area contributed by atoms with Crippen molar-refractivity contribution in [3.8, 4) is 0 Å². The number of hydrogen-bond acceptors (Lipinski definition) is 5. The monoisotopic (exact) mass is 306 g/mol. The molecule has 1 fully saturated rings. The second-order valence-electron chi connectivity index (χ2n) is 6.93. The van der Waals surface area contributed by atoms with E-state index in [9.17, 15) is 4.57 Å². The van der Waals surface area contributed by atoms with Crippen LogP contribution in [0, 0.1) is 5.41 Å². The Morgan fingerprint density at radius 1 is 1.15 bits per heavy atom. The van der Waals surface area contributed by atoms with Gasteiger partial charge in [0.2, 0.25) is 0 Å². The van der Waals surface area contributed by atoms with E-state index >= 15 is 0 Å². The van der Waals surface area contributed by atoms with Crippen molar-refractivity contribution in [3.05, 3.63) is 0 Å². The molecule has 0 spiro atoms. The van der Waals surface area contributed by atoms with Crippen LogP contribution in [0.4, 0.5) is 0 Å². The van der Waals surface area contributed by atoms with E-state index in [1.807, 2.05) is 28.6 Å². The third-order valence-corrected chi connectivity index (χ3v) is 6.76. The highest BCUT2D eigenvalue weighted by atomic mass is 31.2. The van der Waals surface area contributed by atoms with Crippen LogP contribution in [0.15, 0.2) is 0 Å². The van der Waals surface area contributed by atoms with E-state index in [1.165, 1.54) is 13.8 Å². The molecule has 5 nitrogen and oxygen atoms in total. The van der Waals surface area contributed by atoms with E-state index in [-0.39, 0.29) is 12.0 Å². The highest BCUT2D eigenvalue weighted by Crippen LogP contribution is 2.59. The molecule has 20 heavy (non-hydrogen) atoms. The van der Waals surface area contributed by atoms with Gasteiger partial charge in [-0.3, -0.25) is 4.57 Å². The molecule has 0 aromatic heterocycles. The van der Waals surface area contributed by atoms with Crippen LogP contribution in [-0.2, 0) is 23.1 Å². The molecular formula is C13H28BO5P. The van der Waals surface area contributed by atoms with Gasteiger partial charge in [-0.25, -0.2) is 0 Å². The van der Waals surface area contributed by atoms with Gasteiger partial charge in [0, 0.05) is 31.8 Å². The van der Waals surface area contributed by atoms with Crippen LogP contribution in [0.1, 0.15) is 34.6 Å². The summed E-state index contributed by atoms with van der Waals surface area (Å²) in [5.41, 5.74) is -1.96. The molecule has 1 heterocycles. The predicted molar refractivity (Wildman–Crippen MR) is 82.1 cm³/mol. The highest BCUT2D eigenvalue weighted by molar-refractivity contribution is 7.52. The quantitative estimate of drug-likeness (QED) is 0.575. The minimum absolute atomic E-state index is 0.145. The minimum atomic E-state index is -3.05. The van der Waals surface area contributed by atoms with Gasteiger partial charge in [-0.2, -0.15) is 0 Å². The van der Waals surface area contributed by atoms with Gasteiger partial charge in [-0.05, 0) is 20.8 Å². The summed E-state index contributed by atoms with van der Waals surface area (Å²) in [7, 11) is 2.03. The first-order valence-corrected chi connectivity index (χ1v) is 8.81. The Labute approximate surface area is 123 Å². The average molecular weight is 306 g/mol. The zero-order chi connectivity index (χ0) is 16.0. The fraction of sp³-hybridized carbons (Fsp3) is 1.00. The lowest BCUT2D eigenvalue weighted by atomic mass is 9.57. The molecule has 0 amide bonds. The number of hydrogen-bond donors (Lipinski definition) is 0.